The lowest BCUT2D eigenvalue weighted by Crippen LogP contribution is -2.42. The van der Waals surface area contributed by atoms with Gasteiger partial charge >= 0.3 is 0 Å². The average molecular weight is 176 g/mol. The van der Waals surface area contributed by atoms with Crippen LogP contribution in [0.3, 0.4) is 0 Å². The molecule has 0 aromatic carbocycles. The molecule has 0 spiro atoms. The molecule has 0 bridgehead atoms. The highest BCUT2D eigenvalue weighted by Crippen LogP contribution is 2.15. The number of fused-ring (bicyclic) bond motifs is 3. The molecule has 13 heavy (non-hydrogen) atoms. The quantitative estimate of drug-likeness (QED) is 0.551. The SMILES string of the molecule is C1=NC2NC=C3COCN=C3C2=N1. The lowest BCUT2D eigenvalue weighted by atomic mass is 10.0. The molecule has 0 aliphatic carbocycles. The van der Waals surface area contributed by atoms with Crippen molar-refractivity contribution in [2.45, 2.75) is 6.17 Å². The molecule has 0 radical (unpaired) electrons. The van der Waals surface area contributed by atoms with Crippen LogP contribution in [0, 0.1) is 0 Å². The second-order valence-electron chi connectivity index (χ2n) is 3.00. The Hall–Kier alpha value is -1.49. The summed E-state index contributed by atoms with van der Waals surface area (Å²) in [6.07, 6.45) is 3.45. The second-order valence-corrected chi connectivity index (χ2v) is 3.00. The van der Waals surface area contributed by atoms with Gasteiger partial charge in [0.15, 0.2) is 6.17 Å². The van der Waals surface area contributed by atoms with Gasteiger partial charge in [0.05, 0.1) is 12.3 Å². The van der Waals surface area contributed by atoms with Crippen LogP contribution in [0.5, 0.6) is 0 Å². The van der Waals surface area contributed by atoms with Gasteiger partial charge in [-0.3, -0.25) is 4.99 Å². The molecular weight excluding hydrogens is 168 g/mol. The van der Waals surface area contributed by atoms with E-state index in [4.69, 9.17) is 4.74 Å². The van der Waals surface area contributed by atoms with E-state index in [1.54, 1.807) is 6.34 Å². The minimum Gasteiger partial charge on any atom is -0.364 e. The van der Waals surface area contributed by atoms with E-state index in [9.17, 15) is 0 Å². The summed E-state index contributed by atoms with van der Waals surface area (Å²) in [6, 6.07) is 0. The Morgan fingerprint density at radius 3 is 3.54 bits per heavy atom. The predicted octanol–water partition coefficient (Wildman–Crippen LogP) is -0.289. The van der Waals surface area contributed by atoms with E-state index in [1.165, 1.54) is 0 Å². The molecule has 0 amide bonds. The van der Waals surface area contributed by atoms with E-state index in [-0.39, 0.29) is 6.17 Å². The molecule has 0 saturated heterocycles. The Kier molecular flexibility index (Phi) is 1.34. The normalized spacial score (nSPS) is 29.5. The van der Waals surface area contributed by atoms with Crippen LogP contribution in [0.25, 0.3) is 0 Å². The van der Waals surface area contributed by atoms with E-state index in [1.807, 2.05) is 6.20 Å². The zero-order valence-electron chi connectivity index (χ0n) is 6.90. The lowest BCUT2D eigenvalue weighted by molar-refractivity contribution is 0.161. The fraction of sp³-hybridized carbons (Fsp3) is 0.375. The van der Waals surface area contributed by atoms with Crippen LogP contribution in [0.1, 0.15) is 0 Å². The van der Waals surface area contributed by atoms with Gasteiger partial charge in [0.25, 0.3) is 0 Å². The number of hydrogen-bond donors (Lipinski definition) is 1. The van der Waals surface area contributed by atoms with Crippen LogP contribution in [0.2, 0.25) is 0 Å². The van der Waals surface area contributed by atoms with Crippen LogP contribution in [-0.2, 0) is 4.74 Å². The topological polar surface area (TPSA) is 58.3 Å². The lowest BCUT2D eigenvalue weighted by Gasteiger charge is -2.24. The Labute approximate surface area is 74.9 Å². The molecule has 66 valence electrons. The molecule has 3 rings (SSSR count). The van der Waals surface area contributed by atoms with Crippen LogP contribution < -0.4 is 5.32 Å². The Morgan fingerprint density at radius 1 is 1.54 bits per heavy atom. The number of nitrogens with zero attached hydrogens (tertiary/aromatic N) is 3. The summed E-state index contributed by atoms with van der Waals surface area (Å²) >= 11 is 0. The molecule has 0 aromatic heterocycles. The molecule has 5 heteroatoms. The molecular formula is C8H8N4O. The largest absolute Gasteiger partial charge is 0.364 e. The summed E-state index contributed by atoms with van der Waals surface area (Å²) in [6.45, 7) is 1.04. The van der Waals surface area contributed by atoms with Gasteiger partial charge < -0.3 is 10.1 Å². The first-order valence-electron chi connectivity index (χ1n) is 4.12. The van der Waals surface area contributed by atoms with Crippen LogP contribution in [0.15, 0.2) is 26.8 Å². The molecule has 3 heterocycles. The van der Waals surface area contributed by atoms with Gasteiger partial charge in [-0.15, -0.1) is 0 Å². The highest BCUT2D eigenvalue weighted by atomic mass is 16.5. The van der Waals surface area contributed by atoms with Gasteiger partial charge in [-0.25, -0.2) is 9.98 Å². The Morgan fingerprint density at radius 2 is 2.54 bits per heavy atom. The number of aliphatic imine (C=N–C) groups is 3. The molecule has 1 atom stereocenters. The smallest absolute Gasteiger partial charge is 0.165 e. The van der Waals surface area contributed by atoms with Gasteiger partial charge in [0.2, 0.25) is 0 Å². The van der Waals surface area contributed by atoms with Gasteiger partial charge in [-0.1, -0.05) is 0 Å². The molecule has 5 nitrogen and oxygen atoms in total. The number of rotatable bonds is 0. The second kappa shape index (κ2) is 2.50. The summed E-state index contributed by atoms with van der Waals surface area (Å²) in [4.78, 5) is 12.6. The van der Waals surface area contributed by atoms with E-state index in [2.05, 4.69) is 20.3 Å². The van der Waals surface area contributed by atoms with E-state index >= 15 is 0 Å². The maximum atomic E-state index is 5.20. The van der Waals surface area contributed by atoms with Crippen LogP contribution >= 0.6 is 0 Å². The van der Waals surface area contributed by atoms with E-state index in [0.29, 0.717) is 13.3 Å². The van der Waals surface area contributed by atoms with E-state index in [0.717, 1.165) is 17.0 Å². The third kappa shape index (κ3) is 0.936. The highest BCUT2D eigenvalue weighted by molar-refractivity contribution is 6.52. The monoisotopic (exact) mass is 176 g/mol. The van der Waals surface area contributed by atoms with Crippen LogP contribution in [0.4, 0.5) is 0 Å². The standard InChI is InChI=1S/C8H8N4O/c1-5-2-13-4-12-6(5)7-8(9-1)11-3-10-7/h1,3,8-9H,2,4H2. The van der Waals surface area contributed by atoms with Crippen molar-refractivity contribution < 1.29 is 4.74 Å². The van der Waals surface area contributed by atoms with E-state index < -0.39 is 0 Å². The van der Waals surface area contributed by atoms with Crippen molar-refractivity contribution in [2.75, 3.05) is 13.3 Å². The van der Waals surface area contributed by atoms with Crippen molar-refractivity contribution in [3.8, 4) is 0 Å². The van der Waals surface area contributed by atoms with Crippen molar-refractivity contribution in [3.63, 3.8) is 0 Å². The third-order valence-electron chi connectivity index (χ3n) is 2.21. The minimum absolute atomic E-state index is 0.0272. The molecule has 3 aliphatic heterocycles. The Balaban J connectivity index is 2.07. The first-order valence-corrected chi connectivity index (χ1v) is 4.12. The van der Waals surface area contributed by atoms with Gasteiger partial charge in [0.1, 0.15) is 18.8 Å². The van der Waals surface area contributed by atoms with Crippen molar-refractivity contribution in [1.82, 2.24) is 5.32 Å². The molecule has 0 aromatic rings. The third-order valence-corrected chi connectivity index (χ3v) is 2.21. The molecule has 1 unspecified atom stereocenters. The summed E-state index contributed by atoms with van der Waals surface area (Å²) in [5.74, 6) is 0. The maximum Gasteiger partial charge on any atom is 0.165 e. The average Bonchev–Trinajstić information content (AvgIpc) is 2.65. The summed E-state index contributed by atoms with van der Waals surface area (Å²) in [5.41, 5.74) is 2.93. The molecule has 3 aliphatic rings. The fourth-order valence-corrected chi connectivity index (χ4v) is 1.59. The first kappa shape index (κ1) is 6.97. The fourth-order valence-electron chi connectivity index (χ4n) is 1.59. The van der Waals surface area contributed by atoms with Gasteiger partial charge in [0, 0.05) is 11.8 Å². The molecule has 0 fully saturated rings. The summed E-state index contributed by atoms with van der Waals surface area (Å²) in [5, 5.41) is 3.13. The minimum atomic E-state index is -0.0272. The van der Waals surface area contributed by atoms with Gasteiger partial charge in [-0.05, 0) is 0 Å². The zero-order chi connectivity index (χ0) is 8.67. The predicted molar refractivity (Wildman–Crippen MR) is 49.2 cm³/mol. The van der Waals surface area contributed by atoms with Crippen molar-refractivity contribution in [2.24, 2.45) is 15.0 Å². The van der Waals surface area contributed by atoms with Gasteiger partial charge in [-0.2, -0.15) is 0 Å². The summed E-state index contributed by atoms with van der Waals surface area (Å²) < 4.78 is 5.20. The number of nitrogens with one attached hydrogen (secondary N) is 1. The van der Waals surface area contributed by atoms with Crippen LogP contribution in [-0.4, -0.2) is 37.3 Å². The summed E-state index contributed by atoms with van der Waals surface area (Å²) in [7, 11) is 0. The van der Waals surface area contributed by atoms with Crippen molar-refractivity contribution in [3.05, 3.63) is 11.8 Å². The van der Waals surface area contributed by atoms with Crippen molar-refractivity contribution in [1.29, 1.82) is 0 Å². The Bertz CT molecular complexity index is 366. The number of ether oxygens (including phenoxy) is 1. The molecule has 0 saturated carbocycles. The number of hydrogen-bond acceptors (Lipinski definition) is 5. The maximum absolute atomic E-state index is 5.20. The molecule has 1 N–H and O–H groups in total. The highest BCUT2D eigenvalue weighted by Gasteiger charge is 2.30. The van der Waals surface area contributed by atoms with Crippen molar-refractivity contribution >= 4 is 17.8 Å². The first-order chi connectivity index (χ1) is 6.45. The zero-order valence-corrected chi connectivity index (χ0v) is 6.90.